The minimum Gasteiger partial charge on any atom is -0.486 e. The molecule has 2 aromatic rings. The summed E-state index contributed by atoms with van der Waals surface area (Å²) in [5.41, 5.74) is 0. The number of anilines is 2. The fourth-order valence-corrected chi connectivity index (χ4v) is 3.22. The van der Waals surface area contributed by atoms with E-state index in [1.54, 1.807) is 18.2 Å². The summed E-state index contributed by atoms with van der Waals surface area (Å²) in [5.74, 6) is 1.68. The summed E-state index contributed by atoms with van der Waals surface area (Å²) in [4.78, 5) is 0.0698. The molecule has 3 rings (SSSR count). The molecule has 0 fully saturated rings. The van der Waals surface area contributed by atoms with Crippen molar-refractivity contribution in [1.82, 2.24) is 10.2 Å². The molecule has 25 heavy (non-hydrogen) atoms. The van der Waals surface area contributed by atoms with Crippen LogP contribution < -0.4 is 19.5 Å². The highest BCUT2D eigenvalue weighted by Crippen LogP contribution is 2.32. The molecule has 8 nitrogen and oxygen atoms in total. The summed E-state index contributed by atoms with van der Waals surface area (Å²) in [7, 11) is -3.80. The van der Waals surface area contributed by atoms with Crippen molar-refractivity contribution in [2.24, 2.45) is 0 Å². The molecule has 1 unspecified atom stereocenters. The molecule has 0 bridgehead atoms. The molecular weight excluding hydrogens is 344 g/mol. The van der Waals surface area contributed by atoms with Gasteiger partial charge >= 0.3 is 0 Å². The monoisotopic (exact) mass is 364 g/mol. The Labute approximate surface area is 146 Å². The molecule has 134 valence electrons. The predicted molar refractivity (Wildman–Crippen MR) is 93.6 cm³/mol. The van der Waals surface area contributed by atoms with Crippen LogP contribution in [0, 0.1) is 0 Å². The maximum Gasteiger partial charge on any atom is 0.263 e. The Morgan fingerprint density at radius 3 is 2.44 bits per heavy atom. The average molecular weight is 364 g/mol. The SMILES string of the molecule is CCC(C)Nc1ccc(NS(=O)(=O)c2ccc3c(c2)OCCO3)nn1. The first-order chi connectivity index (χ1) is 12.0. The first-order valence-electron chi connectivity index (χ1n) is 8.00. The van der Waals surface area contributed by atoms with Crippen LogP contribution in [0.15, 0.2) is 35.2 Å². The molecule has 1 aromatic carbocycles. The number of benzene rings is 1. The van der Waals surface area contributed by atoms with E-state index in [0.29, 0.717) is 30.5 Å². The second-order valence-electron chi connectivity index (χ2n) is 5.67. The predicted octanol–water partition coefficient (Wildman–Crippen LogP) is 2.26. The first-order valence-corrected chi connectivity index (χ1v) is 9.49. The van der Waals surface area contributed by atoms with Crippen LogP contribution in [0.5, 0.6) is 11.5 Å². The van der Waals surface area contributed by atoms with E-state index >= 15 is 0 Å². The van der Waals surface area contributed by atoms with E-state index in [0.717, 1.165) is 6.42 Å². The Kier molecular flexibility index (Phi) is 4.93. The number of sulfonamides is 1. The van der Waals surface area contributed by atoms with Crippen LogP contribution in [-0.2, 0) is 10.0 Å². The molecule has 0 saturated carbocycles. The quantitative estimate of drug-likeness (QED) is 0.810. The van der Waals surface area contributed by atoms with E-state index in [1.807, 2.05) is 6.92 Å². The van der Waals surface area contributed by atoms with Gasteiger partial charge in [0.1, 0.15) is 19.0 Å². The van der Waals surface area contributed by atoms with Gasteiger partial charge in [-0.25, -0.2) is 8.42 Å². The minimum absolute atomic E-state index is 0.0698. The van der Waals surface area contributed by atoms with Crippen molar-refractivity contribution in [2.45, 2.75) is 31.2 Å². The zero-order chi connectivity index (χ0) is 17.9. The highest BCUT2D eigenvalue weighted by molar-refractivity contribution is 7.92. The van der Waals surface area contributed by atoms with Gasteiger partial charge in [0.2, 0.25) is 0 Å². The number of nitrogens with one attached hydrogen (secondary N) is 2. The van der Waals surface area contributed by atoms with Crippen LogP contribution in [0.2, 0.25) is 0 Å². The molecule has 0 amide bonds. The molecule has 0 spiro atoms. The van der Waals surface area contributed by atoms with Crippen molar-refractivity contribution in [3.05, 3.63) is 30.3 Å². The second kappa shape index (κ2) is 7.14. The molecule has 2 N–H and O–H groups in total. The molecule has 0 aliphatic carbocycles. The molecule has 0 radical (unpaired) electrons. The van der Waals surface area contributed by atoms with Crippen molar-refractivity contribution in [3.63, 3.8) is 0 Å². The number of rotatable bonds is 6. The minimum atomic E-state index is -3.80. The summed E-state index contributed by atoms with van der Waals surface area (Å²) < 4.78 is 38.2. The summed E-state index contributed by atoms with van der Waals surface area (Å²) in [6.07, 6.45) is 0.945. The average Bonchev–Trinajstić information content (AvgIpc) is 2.62. The Bertz CT molecular complexity index is 840. The lowest BCUT2D eigenvalue weighted by atomic mass is 10.2. The topological polar surface area (TPSA) is 102 Å². The summed E-state index contributed by atoms with van der Waals surface area (Å²) >= 11 is 0. The molecule has 2 heterocycles. The molecule has 1 aromatic heterocycles. The second-order valence-corrected chi connectivity index (χ2v) is 7.35. The number of fused-ring (bicyclic) bond motifs is 1. The molecule has 9 heteroatoms. The van der Waals surface area contributed by atoms with Gasteiger partial charge in [0, 0.05) is 12.1 Å². The largest absolute Gasteiger partial charge is 0.486 e. The van der Waals surface area contributed by atoms with E-state index in [1.165, 1.54) is 12.1 Å². The van der Waals surface area contributed by atoms with Crippen molar-refractivity contribution in [1.29, 1.82) is 0 Å². The Morgan fingerprint density at radius 2 is 1.76 bits per heavy atom. The fraction of sp³-hybridized carbons (Fsp3) is 0.375. The third kappa shape index (κ3) is 4.11. The highest BCUT2D eigenvalue weighted by Gasteiger charge is 2.20. The van der Waals surface area contributed by atoms with Crippen LogP contribution >= 0.6 is 0 Å². The van der Waals surface area contributed by atoms with E-state index in [9.17, 15) is 8.42 Å². The summed E-state index contributed by atoms with van der Waals surface area (Å²) in [5, 5.41) is 11.1. The number of ether oxygens (including phenoxy) is 2. The third-order valence-electron chi connectivity index (χ3n) is 3.73. The van der Waals surface area contributed by atoms with Gasteiger partial charge in [-0.3, -0.25) is 4.72 Å². The maximum absolute atomic E-state index is 12.5. The van der Waals surface area contributed by atoms with E-state index in [2.05, 4.69) is 27.2 Å². The zero-order valence-electron chi connectivity index (χ0n) is 14.0. The maximum atomic E-state index is 12.5. The van der Waals surface area contributed by atoms with Gasteiger partial charge in [0.05, 0.1) is 4.90 Å². The normalized spacial score (nSPS) is 14.6. The lowest BCUT2D eigenvalue weighted by molar-refractivity contribution is 0.171. The zero-order valence-corrected chi connectivity index (χ0v) is 14.8. The Balaban J connectivity index is 1.75. The molecular formula is C16H20N4O4S. The third-order valence-corrected chi connectivity index (χ3v) is 5.09. The van der Waals surface area contributed by atoms with Gasteiger partial charge in [-0.2, -0.15) is 0 Å². The van der Waals surface area contributed by atoms with Crippen molar-refractivity contribution in [3.8, 4) is 11.5 Å². The van der Waals surface area contributed by atoms with Crippen molar-refractivity contribution >= 4 is 21.7 Å². The van der Waals surface area contributed by atoms with Crippen molar-refractivity contribution < 1.29 is 17.9 Å². The van der Waals surface area contributed by atoms with E-state index in [-0.39, 0.29) is 16.8 Å². The van der Waals surface area contributed by atoms with Gasteiger partial charge in [0.15, 0.2) is 17.3 Å². The van der Waals surface area contributed by atoms with Crippen LogP contribution in [-0.4, -0.2) is 37.9 Å². The van der Waals surface area contributed by atoms with Crippen molar-refractivity contribution in [2.75, 3.05) is 23.3 Å². The highest BCUT2D eigenvalue weighted by atomic mass is 32.2. The lowest BCUT2D eigenvalue weighted by Gasteiger charge is -2.19. The van der Waals surface area contributed by atoms with Gasteiger partial charge in [0.25, 0.3) is 10.0 Å². The van der Waals surface area contributed by atoms with Crippen LogP contribution in [0.1, 0.15) is 20.3 Å². The number of nitrogens with zero attached hydrogens (tertiary/aromatic N) is 2. The number of hydrogen-bond donors (Lipinski definition) is 2. The molecule has 1 aliphatic rings. The van der Waals surface area contributed by atoms with Crippen LogP contribution in [0.25, 0.3) is 0 Å². The van der Waals surface area contributed by atoms with Crippen LogP contribution in [0.4, 0.5) is 11.6 Å². The first kappa shape index (κ1) is 17.3. The fourth-order valence-electron chi connectivity index (χ4n) is 2.21. The molecule has 1 aliphatic heterocycles. The van der Waals surface area contributed by atoms with E-state index < -0.39 is 10.0 Å². The number of hydrogen-bond acceptors (Lipinski definition) is 7. The molecule has 0 saturated heterocycles. The van der Waals surface area contributed by atoms with E-state index in [4.69, 9.17) is 9.47 Å². The summed E-state index contributed by atoms with van der Waals surface area (Å²) in [6.45, 7) is 4.92. The van der Waals surface area contributed by atoms with Gasteiger partial charge < -0.3 is 14.8 Å². The standard InChI is InChI=1S/C16H20N4O4S/c1-3-11(2)17-15-6-7-16(19-18-15)20-25(21,22)12-4-5-13-14(10-12)24-9-8-23-13/h4-7,10-11H,3,8-9H2,1-2H3,(H,17,18)(H,19,20). The Hall–Kier alpha value is -2.55. The van der Waals surface area contributed by atoms with Gasteiger partial charge in [-0.1, -0.05) is 6.92 Å². The summed E-state index contributed by atoms with van der Waals surface area (Å²) in [6, 6.07) is 7.97. The number of aromatic nitrogens is 2. The smallest absolute Gasteiger partial charge is 0.263 e. The lowest BCUT2D eigenvalue weighted by Crippen LogP contribution is -2.18. The molecule has 1 atom stereocenters. The van der Waals surface area contributed by atoms with Gasteiger partial charge in [-0.05, 0) is 37.6 Å². The Morgan fingerprint density at radius 1 is 1.08 bits per heavy atom. The van der Waals surface area contributed by atoms with Crippen LogP contribution in [0.3, 0.4) is 0 Å². The van der Waals surface area contributed by atoms with Gasteiger partial charge in [-0.15, -0.1) is 10.2 Å².